The fourth-order valence-corrected chi connectivity index (χ4v) is 6.75. The average Bonchev–Trinajstić information content (AvgIpc) is 3.55. The van der Waals surface area contributed by atoms with Crippen LogP contribution in [-0.2, 0) is 6.42 Å². The van der Waals surface area contributed by atoms with E-state index in [-0.39, 0.29) is 0 Å². The quantitative estimate of drug-likeness (QED) is 0.228. The number of benzene rings is 6. The molecule has 2 aliphatic rings. The third kappa shape index (κ3) is 3.62. The van der Waals surface area contributed by atoms with Gasteiger partial charge in [0.15, 0.2) is 0 Å². The number of nitrogens with zero attached hydrogens (tertiary/aromatic N) is 1. The Hall–Kier alpha value is -5.45. The highest BCUT2D eigenvalue weighted by atomic mass is 14.4. The Balaban J connectivity index is 1.49. The van der Waals surface area contributed by atoms with Gasteiger partial charge in [-0.2, -0.15) is 5.26 Å². The van der Waals surface area contributed by atoms with Crippen LogP contribution in [0.4, 0.5) is 0 Å². The van der Waals surface area contributed by atoms with Crippen LogP contribution in [0.2, 0.25) is 0 Å². The van der Waals surface area contributed by atoms with Gasteiger partial charge in [0.05, 0.1) is 11.6 Å². The first-order valence-corrected chi connectivity index (χ1v) is 14.1. The van der Waals surface area contributed by atoms with Crippen LogP contribution in [0.5, 0.6) is 0 Å². The molecule has 0 N–H and O–H groups in total. The van der Waals surface area contributed by atoms with Crippen molar-refractivity contribution in [3.8, 4) is 39.4 Å². The lowest BCUT2D eigenvalue weighted by Crippen LogP contribution is -2.00. The standard InChI is InChI=1S/C40H25N/c41-25-27-20-18-26(19-21-27)24-37-29(28-10-2-1-3-11-28)22-23-36-32-14-6-9-17-35(32)40(39(36)37)38-33-15-7-4-12-30(33)31-13-5-8-16-34(31)38/h1-23H,24H2. The SMILES string of the molecule is N#Cc1ccc(Cc2c(-c3ccccc3)ccc3c2C(=C2c4ccccc4-c4ccccc42)c2ccccc2-3)cc1. The number of hydrogen-bond donors (Lipinski definition) is 0. The van der Waals surface area contributed by atoms with Gasteiger partial charge in [-0.05, 0) is 96.5 Å². The minimum Gasteiger partial charge on any atom is -0.192 e. The van der Waals surface area contributed by atoms with E-state index in [0.29, 0.717) is 5.56 Å². The highest BCUT2D eigenvalue weighted by Crippen LogP contribution is 2.55. The molecule has 0 bridgehead atoms. The highest BCUT2D eigenvalue weighted by Gasteiger charge is 2.34. The van der Waals surface area contributed by atoms with Gasteiger partial charge in [-0.25, -0.2) is 0 Å². The van der Waals surface area contributed by atoms with Crippen LogP contribution in [0, 0.1) is 11.3 Å². The van der Waals surface area contributed by atoms with Crippen molar-refractivity contribution in [1.82, 2.24) is 0 Å². The zero-order valence-corrected chi connectivity index (χ0v) is 22.4. The maximum absolute atomic E-state index is 9.40. The van der Waals surface area contributed by atoms with Gasteiger partial charge >= 0.3 is 0 Å². The van der Waals surface area contributed by atoms with Crippen LogP contribution in [0.3, 0.4) is 0 Å². The minimum absolute atomic E-state index is 0.685. The van der Waals surface area contributed by atoms with Crippen LogP contribution < -0.4 is 0 Å². The van der Waals surface area contributed by atoms with Crippen molar-refractivity contribution in [2.45, 2.75) is 6.42 Å². The van der Waals surface area contributed by atoms with E-state index >= 15 is 0 Å². The first kappa shape index (κ1) is 23.4. The van der Waals surface area contributed by atoms with Crippen molar-refractivity contribution >= 4 is 11.1 Å². The fourth-order valence-electron chi connectivity index (χ4n) is 6.75. The molecule has 0 aliphatic heterocycles. The van der Waals surface area contributed by atoms with Crippen molar-refractivity contribution in [3.63, 3.8) is 0 Å². The first-order valence-electron chi connectivity index (χ1n) is 14.1. The van der Waals surface area contributed by atoms with Crippen LogP contribution in [0.15, 0.2) is 140 Å². The molecule has 0 heterocycles. The third-order valence-corrected chi connectivity index (χ3v) is 8.53. The molecule has 0 saturated heterocycles. The number of fused-ring (bicyclic) bond motifs is 6. The molecule has 0 fully saturated rings. The molecule has 0 aromatic heterocycles. The summed E-state index contributed by atoms with van der Waals surface area (Å²) in [5.74, 6) is 0. The topological polar surface area (TPSA) is 23.8 Å². The van der Waals surface area contributed by atoms with E-state index < -0.39 is 0 Å². The van der Waals surface area contributed by atoms with E-state index in [4.69, 9.17) is 0 Å². The molecule has 8 rings (SSSR count). The highest BCUT2D eigenvalue weighted by molar-refractivity contribution is 6.19. The smallest absolute Gasteiger partial charge is 0.0991 e. The molecule has 41 heavy (non-hydrogen) atoms. The van der Waals surface area contributed by atoms with Crippen molar-refractivity contribution in [2.24, 2.45) is 0 Å². The van der Waals surface area contributed by atoms with Crippen molar-refractivity contribution in [3.05, 3.63) is 178 Å². The summed E-state index contributed by atoms with van der Waals surface area (Å²) in [5.41, 5.74) is 18.6. The molecule has 0 saturated carbocycles. The molecule has 0 radical (unpaired) electrons. The van der Waals surface area contributed by atoms with E-state index in [1.54, 1.807) is 0 Å². The van der Waals surface area contributed by atoms with Crippen LogP contribution in [0.25, 0.3) is 44.5 Å². The van der Waals surface area contributed by atoms with Crippen LogP contribution in [0.1, 0.15) is 38.9 Å². The Morgan fingerprint density at radius 3 is 1.49 bits per heavy atom. The fraction of sp³-hybridized carbons (Fsp3) is 0.0250. The maximum atomic E-state index is 9.40. The van der Waals surface area contributed by atoms with Gasteiger partial charge < -0.3 is 0 Å². The maximum Gasteiger partial charge on any atom is 0.0991 e. The number of rotatable bonds is 3. The molecule has 1 nitrogen and oxygen atoms in total. The Morgan fingerprint density at radius 1 is 0.415 bits per heavy atom. The summed E-state index contributed by atoms with van der Waals surface area (Å²) in [4.78, 5) is 0. The van der Waals surface area contributed by atoms with Gasteiger partial charge in [-0.3, -0.25) is 0 Å². The molecule has 0 spiro atoms. The molecular weight excluding hydrogens is 494 g/mol. The Morgan fingerprint density at radius 2 is 0.902 bits per heavy atom. The third-order valence-electron chi connectivity index (χ3n) is 8.53. The second kappa shape index (κ2) is 9.33. The van der Waals surface area contributed by atoms with E-state index in [1.807, 2.05) is 12.1 Å². The predicted octanol–water partition coefficient (Wildman–Crippen LogP) is 9.78. The molecule has 190 valence electrons. The molecule has 0 atom stereocenters. The lowest BCUT2D eigenvalue weighted by Gasteiger charge is -2.19. The van der Waals surface area contributed by atoms with Crippen LogP contribution in [-0.4, -0.2) is 0 Å². The summed E-state index contributed by atoms with van der Waals surface area (Å²) >= 11 is 0. The van der Waals surface area contributed by atoms with E-state index in [2.05, 4.69) is 133 Å². The summed E-state index contributed by atoms with van der Waals surface area (Å²) in [6, 6.07) is 52.2. The zero-order valence-electron chi connectivity index (χ0n) is 22.4. The summed E-state index contributed by atoms with van der Waals surface area (Å²) < 4.78 is 0. The van der Waals surface area contributed by atoms with Gasteiger partial charge in [0.1, 0.15) is 0 Å². The Labute approximate surface area is 240 Å². The van der Waals surface area contributed by atoms with E-state index in [9.17, 15) is 5.26 Å². The summed E-state index contributed by atoms with van der Waals surface area (Å²) in [7, 11) is 0. The van der Waals surface area contributed by atoms with Crippen molar-refractivity contribution in [1.29, 1.82) is 5.26 Å². The lowest BCUT2D eigenvalue weighted by atomic mass is 9.84. The van der Waals surface area contributed by atoms with Gasteiger partial charge in [0.2, 0.25) is 0 Å². The monoisotopic (exact) mass is 519 g/mol. The molecule has 0 unspecified atom stereocenters. The first-order chi connectivity index (χ1) is 20.3. The van der Waals surface area contributed by atoms with Crippen LogP contribution >= 0.6 is 0 Å². The minimum atomic E-state index is 0.685. The molecule has 2 aliphatic carbocycles. The zero-order chi connectivity index (χ0) is 27.3. The van der Waals surface area contributed by atoms with Gasteiger partial charge in [-0.15, -0.1) is 0 Å². The average molecular weight is 520 g/mol. The number of nitriles is 1. The lowest BCUT2D eigenvalue weighted by molar-refractivity contribution is 1.18. The Bertz CT molecular complexity index is 2010. The van der Waals surface area contributed by atoms with Crippen molar-refractivity contribution in [2.75, 3.05) is 0 Å². The second-order valence-electron chi connectivity index (χ2n) is 10.8. The summed E-state index contributed by atoms with van der Waals surface area (Å²) in [5, 5.41) is 9.40. The van der Waals surface area contributed by atoms with Crippen molar-refractivity contribution < 1.29 is 0 Å². The summed E-state index contributed by atoms with van der Waals surface area (Å²) in [6.45, 7) is 0. The Kier molecular flexibility index (Phi) is 5.34. The predicted molar refractivity (Wildman–Crippen MR) is 168 cm³/mol. The van der Waals surface area contributed by atoms with Gasteiger partial charge in [0, 0.05) is 0 Å². The molecular formula is C40H25N. The molecule has 6 aromatic rings. The normalized spacial score (nSPS) is 12.4. The van der Waals surface area contributed by atoms with Gasteiger partial charge in [-0.1, -0.05) is 127 Å². The molecule has 6 aromatic carbocycles. The number of hydrogen-bond acceptors (Lipinski definition) is 1. The molecule has 1 heteroatoms. The van der Waals surface area contributed by atoms with E-state index in [1.165, 1.54) is 77.9 Å². The summed E-state index contributed by atoms with van der Waals surface area (Å²) in [6.07, 6.45) is 0.771. The van der Waals surface area contributed by atoms with Gasteiger partial charge in [0.25, 0.3) is 0 Å². The largest absolute Gasteiger partial charge is 0.192 e. The second-order valence-corrected chi connectivity index (χ2v) is 10.8. The molecule has 0 amide bonds. The van der Waals surface area contributed by atoms with E-state index in [0.717, 1.165) is 6.42 Å².